The first kappa shape index (κ1) is 9.27. The minimum Gasteiger partial charge on any atom is -0.484 e. The van der Waals surface area contributed by atoms with Crippen molar-refractivity contribution in [3.63, 3.8) is 0 Å². The van der Waals surface area contributed by atoms with Gasteiger partial charge in [0.05, 0.1) is 18.4 Å². The molecular formula is C10H10N2O. The second-order valence-electron chi connectivity index (χ2n) is 2.46. The van der Waals surface area contributed by atoms with Crippen molar-refractivity contribution in [3.05, 3.63) is 29.8 Å². The summed E-state index contributed by atoms with van der Waals surface area (Å²) in [6.45, 7) is 1.74. The largest absolute Gasteiger partial charge is 0.484 e. The molecule has 0 fully saturated rings. The maximum absolute atomic E-state index is 8.74. The minimum absolute atomic E-state index is 0.544. The van der Waals surface area contributed by atoms with Gasteiger partial charge in [-0.25, -0.2) is 4.99 Å². The summed E-state index contributed by atoms with van der Waals surface area (Å²) in [5, 5.41) is 8.74. The van der Waals surface area contributed by atoms with Gasteiger partial charge in [0.1, 0.15) is 6.07 Å². The number of nitrogens with zero attached hydrogens (tertiary/aromatic N) is 2. The Hall–Kier alpha value is -1.82. The van der Waals surface area contributed by atoms with E-state index >= 15 is 0 Å². The minimum atomic E-state index is 0.544. The summed E-state index contributed by atoms with van der Waals surface area (Å²) < 4.78 is 4.89. The molecule has 0 saturated carbocycles. The van der Waals surface area contributed by atoms with E-state index in [0.29, 0.717) is 17.1 Å². The summed E-state index contributed by atoms with van der Waals surface area (Å²) in [6.07, 6.45) is 0. The molecule has 0 amide bonds. The number of rotatable bonds is 1. The Morgan fingerprint density at radius 1 is 1.46 bits per heavy atom. The fraction of sp³-hybridized carbons (Fsp3) is 0.200. The van der Waals surface area contributed by atoms with Crippen LogP contribution >= 0.6 is 0 Å². The molecule has 0 aliphatic carbocycles. The summed E-state index contributed by atoms with van der Waals surface area (Å²) in [5.74, 6) is 0.544. The van der Waals surface area contributed by atoms with Gasteiger partial charge in [-0.1, -0.05) is 12.1 Å². The van der Waals surface area contributed by atoms with E-state index in [2.05, 4.69) is 11.1 Å². The zero-order valence-electron chi connectivity index (χ0n) is 7.61. The van der Waals surface area contributed by atoms with Crippen molar-refractivity contribution in [1.82, 2.24) is 0 Å². The topological polar surface area (TPSA) is 45.4 Å². The first-order valence-electron chi connectivity index (χ1n) is 3.86. The molecule has 0 aromatic heterocycles. The van der Waals surface area contributed by atoms with Crippen LogP contribution in [0.1, 0.15) is 12.5 Å². The molecular weight excluding hydrogens is 164 g/mol. The number of hydrogen-bond donors (Lipinski definition) is 0. The summed E-state index contributed by atoms with van der Waals surface area (Å²) in [6, 6.07) is 9.21. The molecule has 0 aliphatic heterocycles. The number of nitriles is 1. The molecule has 0 saturated heterocycles. The van der Waals surface area contributed by atoms with E-state index in [9.17, 15) is 0 Å². The van der Waals surface area contributed by atoms with E-state index in [1.54, 1.807) is 32.2 Å². The van der Waals surface area contributed by atoms with Gasteiger partial charge in [0.2, 0.25) is 0 Å². The summed E-state index contributed by atoms with van der Waals surface area (Å²) in [4.78, 5) is 4.12. The van der Waals surface area contributed by atoms with Crippen LogP contribution in [0.15, 0.2) is 29.3 Å². The molecule has 13 heavy (non-hydrogen) atoms. The highest BCUT2D eigenvalue weighted by atomic mass is 16.5. The van der Waals surface area contributed by atoms with Crippen LogP contribution in [0.25, 0.3) is 0 Å². The number of ether oxygens (including phenoxy) is 1. The van der Waals surface area contributed by atoms with Crippen molar-refractivity contribution in [2.75, 3.05) is 7.11 Å². The van der Waals surface area contributed by atoms with Crippen molar-refractivity contribution in [2.24, 2.45) is 4.99 Å². The first-order valence-corrected chi connectivity index (χ1v) is 3.86. The Labute approximate surface area is 77.3 Å². The predicted molar refractivity (Wildman–Crippen MR) is 50.9 cm³/mol. The lowest BCUT2D eigenvalue weighted by atomic mass is 10.2. The fourth-order valence-electron chi connectivity index (χ4n) is 0.881. The lowest BCUT2D eigenvalue weighted by Gasteiger charge is -1.99. The lowest BCUT2D eigenvalue weighted by Crippen LogP contribution is -1.92. The van der Waals surface area contributed by atoms with Gasteiger partial charge in [0.25, 0.3) is 0 Å². The molecule has 0 aliphatic rings. The molecule has 0 radical (unpaired) electrons. The van der Waals surface area contributed by atoms with Crippen LogP contribution in [0, 0.1) is 11.3 Å². The molecule has 0 bridgehead atoms. The van der Waals surface area contributed by atoms with E-state index < -0.39 is 0 Å². The standard InChI is InChI=1S/C10H10N2O/c1-8(13-2)12-10-6-4-3-5-9(10)7-11/h3-6H,1-2H3. The Balaban J connectivity index is 3.09. The van der Waals surface area contributed by atoms with Crippen molar-refractivity contribution >= 4 is 11.6 Å². The first-order chi connectivity index (χ1) is 6.27. The number of para-hydroxylation sites is 1. The average Bonchev–Trinajstić information content (AvgIpc) is 2.18. The predicted octanol–water partition coefficient (Wildman–Crippen LogP) is 2.25. The smallest absolute Gasteiger partial charge is 0.184 e. The van der Waals surface area contributed by atoms with Crippen molar-refractivity contribution < 1.29 is 4.74 Å². The van der Waals surface area contributed by atoms with Crippen LogP contribution in [0.5, 0.6) is 0 Å². The Kier molecular flexibility index (Phi) is 3.04. The highest BCUT2D eigenvalue weighted by molar-refractivity contribution is 5.77. The van der Waals surface area contributed by atoms with Gasteiger partial charge < -0.3 is 4.74 Å². The number of hydrogen-bond acceptors (Lipinski definition) is 3. The molecule has 0 unspecified atom stereocenters. The van der Waals surface area contributed by atoms with Gasteiger partial charge in [-0.15, -0.1) is 0 Å². The lowest BCUT2D eigenvalue weighted by molar-refractivity contribution is 0.400. The van der Waals surface area contributed by atoms with Crippen molar-refractivity contribution in [2.45, 2.75) is 6.92 Å². The van der Waals surface area contributed by atoms with Crippen LogP contribution in [0.2, 0.25) is 0 Å². The molecule has 1 rings (SSSR count). The molecule has 3 nitrogen and oxygen atoms in total. The number of benzene rings is 1. The maximum atomic E-state index is 8.74. The third-order valence-corrected chi connectivity index (χ3v) is 1.60. The van der Waals surface area contributed by atoms with E-state index in [1.165, 1.54) is 0 Å². The zero-order chi connectivity index (χ0) is 9.68. The van der Waals surface area contributed by atoms with Gasteiger partial charge in [-0.2, -0.15) is 5.26 Å². The highest BCUT2D eigenvalue weighted by Crippen LogP contribution is 2.17. The molecule has 0 spiro atoms. The molecule has 0 atom stereocenters. The zero-order valence-corrected chi connectivity index (χ0v) is 7.61. The Morgan fingerprint density at radius 3 is 2.77 bits per heavy atom. The summed E-state index contributed by atoms with van der Waals surface area (Å²) in [5.41, 5.74) is 1.20. The van der Waals surface area contributed by atoms with E-state index in [4.69, 9.17) is 10.00 Å². The van der Waals surface area contributed by atoms with Crippen LogP contribution in [0.4, 0.5) is 5.69 Å². The van der Waals surface area contributed by atoms with Crippen molar-refractivity contribution in [3.8, 4) is 6.07 Å². The van der Waals surface area contributed by atoms with Gasteiger partial charge in [-0.3, -0.25) is 0 Å². The third-order valence-electron chi connectivity index (χ3n) is 1.60. The summed E-state index contributed by atoms with van der Waals surface area (Å²) in [7, 11) is 1.55. The highest BCUT2D eigenvalue weighted by Gasteiger charge is 1.98. The van der Waals surface area contributed by atoms with Crippen molar-refractivity contribution in [1.29, 1.82) is 5.26 Å². The molecule has 0 heterocycles. The number of aliphatic imine (C=N–C) groups is 1. The van der Waals surface area contributed by atoms with Crippen LogP contribution < -0.4 is 0 Å². The second kappa shape index (κ2) is 4.27. The molecule has 1 aromatic carbocycles. The molecule has 66 valence electrons. The Morgan fingerprint density at radius 2 is 2.15 bits per heavy atom. The van der Waals surface area contributed by atoms with Gasteiger partial charge in [0.15, 0.2) is 5.90 Å². The Bertz CT molecular complexity index is 363. The van der Waals surface area contributed by atoms with E-state index in [0.717, 1.165) is 0 Å². The summed E-state index contributed by atoms with van der Waals surface area (Å²) >= 11 is 0. The SMILES string of the molecule is COC(C)=Nc1ccccc1C#N. The average molecular weight is 174 g/mol. The van der Waals surface area contributed by atoms with Crippen LogP contribution in [0.3, 0.4) is 0 Å². The van der Waals surface area contributed by atoms with Crippen LogP contribution in [-0.4, -0.2) is 13.0 Å². The van der Waals surface area contributed by atoms with Gasteiger partial charge >= 0.3 is 0 Å². The van der Waals surface area contributed by atoms with Gasteiger partial charge in [-0.05, 0) is 12.1 Å². The molecule has 0 N–H and O–H groups in total. The quantitative estimate of drug-likeness (QED) is 0.484. The molecule has 3 heteroatoms. The van der Waals surface area contributed by atoms with E-state index in [-0.39, 0.29) is 0 Å². The van der Waals surface area contributed by atoms with Crippen LogP contribution in [-0.2, 0) is 4.74 Å². The maximum Gasteiger partial charge on any atom is 0.184 e. The van der Waals surface area contributed by atoms with Gasteiger partial charge in [0, 0.05) is 6.92 Å². The third kappa shape index (κ3) is 2.31. The normalized spacial score (nSPS) is 10.7. The second-order valence-corrected chi connectivity index (χ2v) is 2.46. The fourth-order valence-corrected chi connectivity index (χ4v) is 0.881. The monoisotopic (exact) mass is 174 g/mol. The van der Waals surface area contributed by atoms with E-state index in [1.807, 2.05) is 6.07 Å². The molecule has 1 aromatic rings. The number of methoxy groups -OCH3 is 1.